The Morgan fingerprint density at radius 2 is 2.31 bits per heavy atom. The molecule has 0 amide bonds. The lowest BCUT2D eigenvalue weighted by Gasteiger charge is -2.34. The van der Waals surface area contributed by atoms with Gasteiger partial charge in [-0.3, -0.25) is 0 Å². The van der Waals surface area contributed by atoms with Crippen LogP contribution in [0.15, 0.2) is 18.3 Å². The monoisotopic (exact) mass is 374 g/mol. The van der Waals surface area contributed by atoms with Crippen LogP contribution in [0.1, 0.15) is 21.7 Å². The van der Waals surface area contributed by atoms with Gasteiger partial charge >= 0.3 is 5.97 Å². The van der Waals surface area contributed by atoms with Gasteiger partial charge in [0.05, 0.1) is 37.1 Å². The highest BCUT2D eigenvalue weighted by atomic mass is 32.1. The number of carbonyl (C=O) groups excluding carboxylic acids is 1. The van der Waals surface area contributed by atoms with Crippen molar-refractivity contribution >= 4 is 23.0 Å². The number of aryl methyl sites for hydroxylation is 1. The Morgan fingerprint density at radius 1 is 1.42 bits per heavy atom. The van der Waals surface area contributed by atoms with Crippen LogP contribution in [0.4, 0.5) is 5.69 Å². The van der Waals surface area contributed by atoms with Crippen molar-refractivity contribution in [2.45, 2.75) is 13.3 Å². The molecule has 2 aliphatic rings. The molecule has 0 bridgehead atoms. The Hall–Kier alpha value is -2.12. The minimum atomic E-state index is -0.350. The first-order valence-electron chi connectivity index (χ1n) is 8.80. The van der Waals surface area contributed by atoms with E-state index in [0.29, 0.717) is 18.1 Å². The van der Waals surface area contributed by atoms with Gasteiger partial charge in [0.1, 0.15) is 11.6 Å². The third kappa shape index (κ3) is 3.29. The second-order valence-corrected chi connectivity index (χ2v) is 7.90. The maximum absolute atomic E-state index is 12.2. The second-order valence-electron chi connectivity index (χ2n) is 6.66. The van der Waals surface area contributed by atoms with E-state index in [9.17, 15) is 4.79 Å². The lowest BCUT2D eigenvalue weighted by atomic mass is 10.0. The summed E-state index contributed by atoms with van der Waals surface area (Å²) in [5.74, 6) is 0.961. The van der Waals surface area contributed by atoms with E-state index in [4.69, 9.17) is 14.2 Å². The molecule has 1 unspecified atom stereocenters. The number of methoxy groups -OCH3 is 1. The SMILES string of the molecule is COC(=O)c1cc(-c2ncc(C)s2)c2c(c1)N(CC1CCOC1)CCO2. The van der Waals surface area contributed by atoms with Crippen LogP contribution >= 0.6 is 11.3 Å². The average molecular weight is 374 g/mol. The third-order valence-corrected chi connectivity index (χ3v) is 5.74. The minimum absolute atomic E-state index is 0.350. The average Bonchev–Trinajstić information content (AvgIpc) is 3.32. The van der Waals surface area contributed by atoms with E-state index >= 15 is 0 Å². The molecule has 6 nitrogen and oxygen atoms in total. The van der Waals surface area contributed by atoms with Gasteiger partial charge in [0.15, 0.2) is 5.75 Å². The number of nitrogens with zero attached hydrogens (tertiary/aromatic N) is 2. The van der Waals surface area contributed by atoms with Gasteiger partial charge in [0.2, 0.25) is 0 Å². The zero-order chi connectivity index (χ0) is 18.1. The topological polar surface area (TPSA) is 60.9 Å². The van der Waals surface area contributed by atoms with Gasteiger partial charge in [-0.15, -0.1) is 11.3 Å². The van der Waals surface area contributed by atoms with Crippen LogP contribution in [-0.2, 0) is 9.47 Å². The first kappa shape index (κ1) is 17.3. The van der Waals surface area contributed by atoms with Gasteiger partial charge in [-0.05, 0) is 25.5 Å². The van der Waals surface area contributed by atoms with Gasteiger partial charge in [-0.1, -0.05) is 0 Å². The van der Waals surface area contributed by atoms with Crippen molar-refractivity contribution < 1.29 is 19.0 Å². The van der Waals surface area contributed by atoms with Crippen molar-refractivity contribution in [1.82, 2.24) is 4.98 Å². The lowest BCUT2D eigenvalue weighted by Crippen LogP contribution is -2.37. The van der Waals surface area contributed by atoms with Crippen LogP contribution in [0.3, 0.4) is 0 Å². The molecule has 0 spiro atoms. The van der Waals surface area contributed by atoms with E-state index in [2.05, 4.69) is 9.88 Å². The summed E-state index contributed by atoms with van der Waals surface area (Å²) in [5.41, 5.74) is 2.31. The Morgan fingerprint density at radius 3 is 3.00 bits per heavy atom. The van der Waals surface area contributed by atoms with E-state index in [1.807, 2.05) is 25.3 Å². The van der Waals surface area contributed by atoms with Crippen molar-refractivity contribution in [2.75, 3.05) is 44.9 Å². The molecule has 26 heavy (non-hydrogen) atoms. The highest BCUT2D eigenvalue weighted by Gasteiger charge is 2.28. The second kappa shape index (κ2) is 7.25. The summed E-state index contributed by atoms with van der Waals surface area (Å²) >= 11 is 1.59. The molecule has 0 saturated carbocycles. The van der Waals surface area contributed by atoms with Gasteiger partial charge < -0.3 is 19.1 Å². The molecular formula is C19H22N2O4S. The number of esters is 1. The molecule has 0 radical (unpaired) electrons. The summed E-state index contributed by atoms with van der Waals surface area (Å²) in [5, 5.41) is 0.857. The zero-order valence-corrected chi connectivity index (χ0v) is 15.8. The molecular weight excluding hydrogens is 352 g/mol. The highest BCUT2D eigenvalue weighted by Crippen LogP contribution is 2.43. The van der Waals surface area contributed by atoms with Crippen molar-refractivity contribution in [3.63, 3.8) is 0 Å². The maximum atomic E-state index is 12.2. The first-order chi connectivity index (χ1) is 12.7. The summed E-state index contributed by atoms with van der Waals surface area (Å²) in [6.07, 6.45) is 2.91. The van der Waals surface area contributed by atoms with E-state index in [-0.39, 0.29) is 5.97 Å². The van der Waals surface area contributed by atoms with Crippen molar-refractivity contribution in [3.05, 3.63) is 28.8 Å². The van der Waals surface area contributed by atoms with Crippen molar-refractivity contribution in [2.24, 2.45) is 5.92 Å². The molecule has 1 aromatic carbocycles. The quantitative estimate of drug-likeness (QED) is 0.766. The standard InChI is InChI=1S/C19H22N2O4S/c1-12-9-20-18(26-12)15-7-14(19(22)23-2)8-16-17(15)25-6-4-21(16)10-13-3-5-24-11-13/h7-9,13H,3-6,10-11H2,1-2H3. The summed E-state index contributed by atoms with van der Waals surface area (Å²) in [6, 6.07) is 3.70. The van der Waals surface area contributed by atoms with E-state index in [1.54, 1.807) is 11.3 Å². The van der Waals surface area contributed by atoms with E-state index in [0.717, 1.165) is 59.6 Å². The molecule has 2 aliphatic heterocycles. The molecule has 7 heteroatoms. The van der Waals surface area contributed by atoms with Gasteiger partial charge in [0, 0.05) is 30.1 Å². The lowest BCUT2D eigenvalue weighted by molar-refractivity contribution is 0.0600. The number of rotatable bonds is 4. The maximum Gasteiger partial charge on any atom is 0.337 e. The van der Waals surface area contributed by atoms with Crippen molar-refractivity contribution in [1.29, 1.82) is 0 Å². The Balaban J connectivity index is 1.78. The molecule has 3 heterocycles. The normalized spacial score (nSPS) is 19.2. The molecule has 138 valence electrons. The number of fused-ring (bicyclic) bond motifs is 1. The Kier molecular flexibility index (Phi) is 4.82. The number of carbonyl (C=O) groups is 1. The van der Waals surface area contributed by atoms with Crippen LogP contribution in [0.25, 0.3) is 10.6 Å². The molecule has 2 aromatic rings. The van der Waals surface area contributed by atoms with Gasteiger partial charge in [-0.25, -0.2) is 9.78 Å². The molecule has 1 fully saturated rings. The van der Waals surface area contributed by atoms with Crippen LogP contribution in [0.5, 0.6) is 5.75 Å². The predicted molar refractivity (Wildman–Crippen MR) is 100 cm³/mol. The summed E-state index contributed by atoms with van der Waals surface area (Å²) in [6.45, 7) is 5.96. The van der Waals surface area contributed by atoms with Gasteiger partial charge in [-0.2, -0.15) is 0 Å². The number of ether oxygens (including phenoxy) is 3. The summed E-state index contributed by atoms with van der Waals surface area (Å²) < 4.78 is 16.5. The Labute approximate surface area is 156 Å². The molecule has 4 rings (SSSR count). The smallest absolute Gasteiger partial charge is 0.337 e. The van der Waals surface area contributed by atoms with Crippen LogP contribution in [0.2, 0.25) is 0 Å². The Bertz CT molecular complexity index is 814. The highest BCUT2D eigenvalue weighted by molar-refractivity contribution is 7.15. The number of anilines is 1. The molecule has 0 aliphatic carbocycles. The molecule has 1 saturated heterocycles. The fraction of sp³-hybridized carbons (Fsp3) is 0.474. The predicted octanol–water partition coefficient (Wildman–Crippen LogP) is 3.14. The zero-order valence-electron chi connectivity index (χ0n) is 15.0. The molecule has 1 atom stereocenters. The summed E-state index contributed by atoms with van der Waals surface area (Å²) in [4.78, 5) is 20.1. The summed E-state index contributed by atoms with van der Waals surface area (Å²) in [7, 11) is 1.40. The number of hydrogen-bond acceptors (Lipinski definition) is 7. The van der Waals surface area contributed by atoms with Crippen LogP contribution < -0.4 is 9.64 Å². The number of aromatic nitrogens is 1. The van der Waals surface area contributed by atoms with E-state index < -0.39 is 0 Å². The van der Waals surface area contributed by atoms with E-state index in [1.165, 1.54) is 7.11 Å². The largest absolute Gasteiger partial charge is 0.489 e. The first-order valence-corrected chi connectivity index (χ1v) is 9.62. The van der Waals surface area contributed by atoms with Crippen LogP contribution in [0, 0.1) is 12.8 Å². The fourth-order valence-electron chi connectivity index (χ4n) is 3.48. The number of thiazole rings is 1. The molecule has 1 aromatic heterocycles. The number of hydrogen-bond donors (Lipinski definition) is 0. The fourth-order valence-corrected chi connectivity index (χ4v) is 4.26. The third-order valence-electron chi connectivity index (χ3n) is 4.79. The number of benzene rings is 1. The van der Waals surface area contributed by atoms with Crippen LogP contribution in [-0.4, -0.2) is 51.0 Å². The minimum Gasteiger partial charge on any atom is -0.489 e. The van der Waals surface area contributed by atoms with Crippen molar-refractivity contribution in [3.8, 4) is 16.3 Å². The molecule has 0 N–H and O–H groups in total. The van der Waals surface area contributed by atoms with Gasteiger partial charge in [0.25, 0.3) is 0 Å².